The maximum absolute atomic E-state index is 12.3. The van der Waals surface area contributed by atoms with Crippen molar-refractivity contribution >= 4 is 6.03 Å². The summed E-state index contributed by atoms with van der Waals surface area (Å²) in [6.07, 6.45) is 0. The van der Waals surface area contributed by atoms with E-state index in [0.29, 0.717) is 19.7 Å². The highest BCUT2D eigenvalue weighted by Crippen LogP contribution is 2.25. The Balaban J connectivity index is 1.70. The molecule has 0 spiro atoms. The molecule has 2 amide bonds. The number of morpholine rings is 1. The van der Waals surface area contributed by atoms with Crippen molar-refractivity contribution in [3.63, 3.8) is 0 Å². The highest BCUT2D eigenvalue weighted by molar-refractivity contribution is 5.74. The molecule has 0 bridgehead atoms. The molecule has 2 aliphatic heterocycles. The van der Waals surface area contributed by atoms with Crippen molar-refractivity contribution in [2.45, 2.75) is 33.0 Å². The molecule has 1 aromatic carbocycles. The normalized spacial score (nSPS) is 18.7. The van der Waals surface area contributed by atoms with E-state index in [0.717, 1.165) is 44.2 Å². The van der Waals surface area contributed by atoms with Gasteiger partial charge in [0.15, 0.2) is 0 Å². The minimum Gasteiger partial charge on any atom is -0.491 e. The van der Waals surface area contributed by atoms with Crippen molar-refractivity contribution < 1.29 is 14.3 Å². The van der Waals surface area contributed by atoms with Gasteiger partial charge >= 0.3 is 6.03 Å². The Morgan fingerprint density at radius 3 is 2.75 bits per heavy atom. The van der Waals surface area contributed by atoms with E-state index in [1.54, 1.807) is 0 Å². The predicted octanol–water partition coefficient (Wildman–Crippen LogP) is 1.83. The van der Waals surface area contributed by atoms with E-state index in [4.69, 9.17) is 9.47 Å². The number of amides is 2. The number of nitrogens with zero attached hydrogens (tertiary/aromatic N) is 2. The molecule has 0 atom stereocenters. The summed E-state index contributed by atoms with van der Waals surface area (Å²) in [4.78, 5) is 16.5. The van der Waals surface area contributed by atoms with Gasteiger partial charge in [0, 0.05) is 31.2 Å². The minimum atomic E-state index is -0.0277. The van der Waals surface area contributed by atoms with E-state index in [1.165, 1.54) is 5.56 Å². The van der Waals surface area contributed by atoms with Crippen LogP contribution in [0.5, 0.6) is 5.75 Å². The van der Waals surface area contributed by atoms with Crippen molar-refractivity contribution in [2.75, 3.05) is 39.5 Å². The Morgan fingerprint density at radius 2 is 2.00 bits per heavy atom. The summed E-state index contributed by atoms with van der Waals surface area (Å²) in [7, 11) is 0. The van der Waals surface area contributed by atoms with Gasteiger partial charge in [0.1, 0.15) is 12.4 Å². The summed E-state index contributed by atoms with van der Waals surface area (Å²) < 4.78 is 11.2. The van der Waals surface area contributed by atoms with Crippen molar-refractivity contribution in [3.8, 4) is 5.75 Å². The second-order valence-corrected chi connectivity index (χ2v) is 6.70. The third kappa shape index (κ3) is 4.39. The standard InChI is InChI=1S/C18H27N3O3/c1-14(2)19-18(22)21-7-10-24-17-4-3-15(11-16(17)13-21)12-20-5-8-23-9-6-20/h3-4,11,14H,5-10,12-13H2,1-2H3,(H,19,22). The van der Waals surface area contributed by atoms with Crippen LogP contribution in [0.25, 0.3) is 0 Å². The zero-order chi connectivity index (χ0) is 16.9. The largest absolute Gasteiger partial charge is 0.491 e. The van der Waals surface area contributed by atoms with Crippen LogP contribution in [0.4, 0.5) is 4.79 Å². The summed E-state index contributed by atoms with van der Waals surface area (Å²) in [5.74, 6) is 0.889. The summed E-state index contributed by atoms with van der Waals surface area (Å²) in [6, 6.07) is 6.44. The first-order valence-electron chi connectivity index (χ1n) is 8.72. The summed E-state index contributed by atoms with van der Waals surface area (Å²) in [6.45, 7) is 10.1. The van der Waals surface area contributed by atoms with Crippen LogP contribution in [-0.4, -0.2) is 61.3 Å². The molecular weight excluding hydrogens is 306 g/mol. The molecule has 1 fully saturated rings. The van der Waals surface area contributed by atoms with Crippen molar-refractivity contribution in [2.24, 2.45) is 0 Å². The summed E-state index contributed by atoms with van der Waals surface area (Å²) in [5.41, 5.74) is 2.34. The molecule has 1 aromatic rings. The van der Waals surface area contributed by atoms with Gasteiger partial charge in [-0.2, -0.15) is 0 Å². The number of urea groups is 1. The van der Waals surface area contributed by atoms with Gasteiger partial charge in [0.25, 0.3) is 0 Å². The first-order chi connectivity index (χ1) is 11.6. The summed E-state index contributed by atoms with van der Waals surface area (Å²) in [5, 5.41) is 2.96. The number of hydrogen-bond donors (Lipinski definition) is 1. The number of ether oxygens (including phenoxy) is 2. The number of nitrogens with one attached hydrogen (secondary N) is 1. The number of carbonyl (C=O) groups excluding carboxylic acids is 1. The molecule has 6 heteroatoms. The topological polar surface area (TPSA) is 54.0 Å². The number of carbonyl (C=O) groups is 1. The first-order valence-corrected chi connectivity index (χ1v) is 8.72. The average molecular weight is 333 g/mol. The van der Waals surface area contributed by atoms with Gasteiger partial charge in [-0.25, -0.2) is 4.79 Å². The Bertz CT molecular complexity index is 571. The van der Waals surface area contributed by atoms with Crippen LogP contribution in [0.3, 0.4) is 0 Å². The van der Waals surface area contributed by atoms with E-state index in [9.17, 15) is 4.79 Å². The second-order valence-electron chi connectivity index (χ2n) is 6.70. The quantitative estimate of drug-likeness (QED) is 0.917. The van der Waals surface area contributed by atoms with Gasteiger partial charge in [-0.05, 0) is 31.5 Å². The molecular formula is C18H27N3O3. The maximum atomic E-state index is 12.3. The van der Waals surface area contributed by atoms with Gasteiger partial charge in [-0.15, -0.1) is 0 Å². The third-order valence-electron chi connectivity index (χ3n) is 4.31. The number of fused-ring (bicyclic) bond motifs is 1. The first kappa shape index (κ1) is 17.0. The van der Waals surface area contributed by atoms with Crippen LogP contribution in [0.2, 0.25) is 0 Å². The SMILES string of the molecule is CC(C)NC(=O)N1CCOc2ccc(CN3CCOCC3)cc2C1. The molecule has 0 saturated carbocycles. The predicted molar refractivity (Wildman–Crippen MR) is 92.1 cm³/mol. The molecule has 2 aliphatic rings. The van der Waals surface area contributed by atoms with Gasteiger partial charge < -0.3 is 19.7 Å². The molecule has 0 unspecified atom stereocenters. The van der Waals surface area contributed by atoms with E-state index in [-0.39, 0.29) is 12.1 Å². The van der Waals surface area contributed by atoms with Crippen LogP contribution in [-0.2, 0) is 17.8 Å². The Labute approximate surface area is 143 Å². The summed E-state index contributed by atoms with van der Waals surface area (Å²) >= 11 is 0. The van der Waals surface area contributed by atoms with Gasteiger partial charge in [0.05, 0.1) is 26.3 Å². The smallest absolute Gasteiger partial charge is 0.318 e. The fourth-order valence-electron chi connectivity index (χ4n) is 3.08. The number of rotatable bonds is 3. The molecule has 24 heavy (non-hydrogen) atoms. The lowest BCUT2D eigenvalue weighted by atomic mass is 10.1. The van der Waals surface area contributed by atoms with E-state index in [1.807, 2.05) is 24.8 Å². The number of hydrogen-bond acceptors (Lipinski definition) is 4. The molecule has 132 valence electrons. The maximum Gasteiger partial charge on any atom is 0.318 e. The second kappa shape index (κ2) is 7.85. The van der Waals surface area contributed by atoms with Crippen molar-refractivity contribution in [1.29, 1.82) is 0 Å². The zero-order valence-corrected chi connectivity index (χ0v) is 14.6. The molecule has 2 heterocycles. The van der Waals surface area contributed by atoms with Crippen molar-refractivity contribution in [1.82, 2.24) is 15.1 Å². The molecule has 6 nitrogen and oxygen atoms in total. The fourth-order valence-corrected chi connectivity index (χ4v) is 3.08. The minimum absolute atomic E-state index is 0.0277. The monoisotopic (exact) mass is 333 g/mol. The Kier molecular flexibility index (Phi) is 5.58. The molecule has 0 radical (unpaired) electrons. The third-order valence-corrected chi connectivity index (χ3v) is 4.31. The zero-order valence-electron chi connectivity index (χ0n) is 14.6. The van der Waals surface area contributed by atoms with Crippen LogP contribution < -0.4 is 10.1 Å². The number of benzene rings is 1. The molecule has 0 aliphatic carbocycles. The highest BCUT2D eigenvalue weighted by atomic mass is 16.5. The van der Waals surface area contributed by atoms with Gasteiger partial charge in [-0.3, -0.25) is 4.90 Å². The van der Waals surface area contributed by atoms with E-state index in [2.05, 4.69) is 22.3 Å². The Morgan fingerprint density at radius 1 is 1.21 bits per heavy atom. The molecule has 1 N–H and O–H groups in total. The van der Waals surface area contributed by atoms with Crippen LogP contribution >= 0.6 is 0 Å². The van der Waals surface area contributed by atoms with Gasteiger partial charge in [-0.1, -0.05) is 6.07 Å². The lowest BCUT2D eigenvalue weighted by Crippen LogP contribution is -2.43. The fraction of sp³-hybridized carbons (Fsp3) is 0.611. The van der Waals surface area contributed by atoms with Gasteiger partial charge in [0.2, 0.25) is 0 Å². The molecule has 3 rings (SSSR count). The Hall–Kier alpha value is -1.79. The van der Waals surface area contributed by atoms with Crippen LogP contribution in [0, 0.1) is 0 Å². The lowest BCUT2D eigenvalue weighted by molar-refractivity contribution is 0.0342. The van der Waals surface area contributed by atoms with E-state index < -0.39 is 0 Å². The highest BCUT2D eigenvalue weighted by Gasteiger charge is 2.21. The van der Waals surface area contributed by atoms with Crippen LogP contribution in [0.1, 0.15) is 25.0 Å². The molecule has 1 saturated heterocycles. The van der Waals surface area contributed by atoms with Crippen molar-refractivity contribution in [3.05, 3.63) is 29.3 Å². The average Bonchev–Trinajstić information content (AvgIpc) is 2.77. The van der Waals surface area contributed by atoms with Crippen LogP contribution in [0.15, 0.2) is 18.2 Å². The van der Waals surface area contributed by atoms with E-state index >= 15 is 0 Å². The molecule has 0 aromatic heterocycles. The lowest BCUT2D eigenvalue weighted by Gasteiger charge is -2.27.